The van der Waals surface area contributed by atoms with Crippen LogP contribution in [-0.2, 0) is 28.9 Å². The van der Waals surface area contributed by atoms with Crippen LogP contribution in [0.2, 0.25) is 0 Å². The summed E-state index contributed by atoms with van der Waals surface area (Å²) in [6.07, 6.45) is 0.892. The van der Waals surface area contributed by atoms with Crippen molar-refractivity contribution in [3.63, 3.8) is 0 Å². The summed E-state index contributed by atoms with van der Waals surface area (Å²) in [6.45, 7) is 0. The molecule has 0 saturated carbocycles. The largest absolute Gasteiger partial charge is 0.506 e. The maximum absolute atomic E-state index is 12.3. The molecule has 176 valence electrons. The van der Waals surface area contributed by atoms with Crippen LogP contribution < -0.4 is 10.6 Å². The number of phenolic OH excluding ortho intramolecular Hbond substituents is 2. The van der Waals surface area contributed by atoms with Crippen LogP contribution in [0.1, 0.15) is 22.3 Å². The number of nitrogens with one attached hydrogen (secondary N) is 2. The van der Waals surface area contributed by atoms with E-state index in [2.05, 4.69) is 10.6 Å². The number of carbonyl (C=O) groups excluding carboxylic acids is 2. The number of carbonyl (C=O) groups is 2. The highest BCUT2D eigenvalue weighted by Gasteiger charge is 2.11. The van der Waals surface area contributed by atoms with Crippen molar-refractivity contribution in [2.75, 3.05) is 10.6 Å². The molecule has 6 nitrogen and oxygen atoms in total. The van der Waals surface area contributed by atoms with Gasteiger partial charge in [0.25, 0.3) is 0 Å². The van der Waals surface area contributed by atoms with Gasteiger partial charge in [-0.2, -0.15) is 0 Å². The third kappa shape index (κ3) is 6.71. The molecule has 4 rings (SSSR count). The van der Waals surface area contributed by atoms with Crippen LogP contribution in [0.5, 0.6) is 11.5 Å². The Hall–Kier alpha value is -4.58. The second kappa shape index (κ2) is 11.0. The van der Waals surface area contributed by atoms with E-state index in [1.807, 2.05) is 72.8 Å². The first kappa shape index (κ1) is 23.6. The monoisotopic (exact) mass is 466 g/mol. The van der Waals surface area contributed by atoms with Gasteiger partial charge >= 0.3 is 0 Å². The molecule has 0 unspecified atom stereocenters. The Labute approximate surface area is 203 Å². The molecule has 35 heavy (non-hydrogen) atoms. The van der Waals surface area contributed by atoms with Crippen LogP contribution in [0.15, 0.2) is 97.1 Å². The Morgan fingerprint density at radius 3 is 1.31 bits per heavy atom. The number of hydrogen-bond donors (Lipinski definition) is 4. The van der Waals surface area contributed by atoms with Gasteiger partial charge in [0.1, 0.15) is 11.5 Å². The van der Waals surface area contributed by atoms with Gasteiger partial charge in [-0.1, -0.05) is 72.8 Å². The molecule has 0 spiro atoms. The molecule has 0 radical (unpaired) electrons. The number of rotatable bonds is 8. The van der Waals surface area contributed by atoms with Gasteiger partial charge < -0.3 is 20.8 Å². The third-order valence-electron chi connectivity index (χ3n) is 5.50. The zero-order chi connectivity index (χ0) is 24.6. The van der Waals surface area contributed by atoms with Gasteiger partial charge in [-0.05, 0) is 52.9 Å². The fourth-order valence-corrected chi connectivity index (χ4v) is 3.77. The van der Waals surface area contributed by atoms with E-state index in [1.165, 1.54) is 0 Å². The quantitative estimate of drug-likeness (QED) is 0.273. The predicted molar refractivity (Wildman–Crippen MR) is 137 cm³/mol. The molecule has 0 heterocycles. The lowest BCUT2D eigenvalue weighted by atomic mass is 10.0. The van der Waals surface area contributed by atoms with Gasteiger partial charge in [-0.25, -0.2) is 0 Å². The van der Waals surface area contributed by atoms with Gasteiger partial charge in [0.2, 0.25) is 11.8 Å². The predicted octanol–water partition coefficient (Wildman–Crippen LogP) is 5.05. The molecule has 4 aromatic carbocycles. The van der Waals surface area contributed by atoms with E-state index in [4.69, 9.17) is 0 Å². The van der Waals surface area contributed by atoms with Gasteiger partial charge in [0.05, 0.1) is 24.2 Å². The molecule has 0 saturated heterocycles. The summed E-state index contributed by atoms with van der Waals surface area (Å²) in [5.74, 6) is -0.487. The number of hydrogen-bond acceptors (Lipinski definition) is 4. The lowest BCUT2D eigenvalue weighted by Gasteiger charge is -2.11. The minimum Gasteiger partial charge on any atom is -0.506 e. The number of anilines is 2. The van der Waals surface area contributed by atoms with Crippen molar-refractivity contribution in [3.8, 4) is 11.5 Å². The molecule has 0 aliphatic heterocycles. The average molecular weight is 467 g/mol. The summed E-state index contributed by atoms with van der Waals surface area (Å²) < 4.78 is 0. The van der Waals surface area contributed by atoms with Gasteiger partial charge in [-0.15, -0.1) is 0 Å². The zero-order valence-electron chi connectivity index (χ0n) is 19.1. The first-order chi connectivity index (χ1) is 17.0. The SMILES string of the molecule is O=C(Cc1ccccc1)Nc1ccc(Cc2ccc(NC(=O)Cc3ccccc3)c(O)c2)cc1O. The first-order valence-corrected chi connectivity index (χ1v) is 11.3. The molecule has 0 aromatic heterocycles. The van der Waals surface area contributed by atoms with E-state index in [0.717, 1.165) is 22.3 Å². The summed E-state index contributed by atoms with van der Waals surface area (Å²) in [6, 6.07) is 28.9. The Morgan fingerprint density at radius 1 is 0.543 bits per heavy atom. The molecule has 0 aliphatic rings. The molecule has 4 aromatic rings. The maximum Gasteiger partial charge on any atom is 0.228 e. The molecule has 0 bridgehead atoms. The normalized spacial score (nSPS) is 10.5. The van der Waals surface area contributed by atoms with E-state index >= 15 is 0 Å². The Morgan fingerprint density at radius 2 is 0.943 bits per heavy atom. The zero-order valence-corrected chi connectivity index (χ0v) is 19.1. The molecular formula is C29H26N2O4. The van der Waals surface area contributed by atoms with Gasteiger partial charge in [-0.3, -0.25) is 9.59 Å². The van der Waals surface area contributed by atoms with E-state index in [-0.39, 0.29) is 36.2 Å². The fraction of sp³-hybridized carbons (Fsp3) is 0.103. The van der Waals surface area contributed by atoms with Crippen molar-refractivity contribution in [1.82, 2.24) is 0 Å². The maximum atomic E-state index is 12.3. The Kier molecular flexibility index (Phi) is 7.43. The van der Waals surface area contributed by atoms with Crippen LogP contribution in [-0.4, -0.2) is 22.0 Å². The molecule has 0 fully saturated rings. The summed E-state index contributed by atoms with van der Waals surface area (Å²) >= 11 is 0. The summed E-state index contributed by atoms with van der Waals surface area (Å²) in [5, 5.41) is 26.2. The lowest BCUT2D eigenvalue weighted by molar-refractivity contribution is -0.116. The van der Waals surface area contributed by atoms with E-state index in [0.29, 0.717) is 17.8 Å². The fourth-order valence-electron chi connectivity index (χ4n) is 3.77. The lowest BCUT2D eigenvalue weighted by Crippen LogP contribution is -2.14. The smallest absolute Gasteiger partial charge is 0.228 e. The van der Waals surface area contributed by atoms with Crippen molar-refractivity contribution in [3.05, 3.63) is 119 Å². The van der Waals surface area contributed by atoms with E-state index in [1.54, 1.807) is 24.3 Å². The summed E-state index contributed by atoms with van der Waals surface area (Å²) in [5.41, 5.74) is 4.08. The van der Waals surface area contributed by atoms with Crippen molar-refractivity contribution < 1.29 is 19.8 Å². The van der Waals surface area contributed by atoms with Gasteiger partial charge in [0.15, 0.2) is 0 Å². The van der Waals surface area contributed by atoms with Gasteiger partial charge in [0, 0.05) is 0 Å². The van der Waals surface area contributed by atoms with Crippen molar-refractivity contribution in [2.24, 2.45) is 0 Å². The molecule has 6 heteroatoms. The van der Waals surface area contributed by atoms with Crippen LogP contribution in [0, 0.1) is 0 Å². The summed E-state index contributed by atoms with van der Waals surface area (Å²) in [4.78, 5) is 24.6. The Bertz CT molecular complexity index is 1220. The van der Waals surface area contributed by atoms with Crippen LogP contribution in [0.3, 0.4) is 0 Å². The standard InChI is InChI=1S/C29H26N2O4/c32-26-16-22(11-13-24(26)30-28(34)18-20-7-3-1-4-8-20)15-23-12-14-25(27(33)17-23)31-29(35)19-21-9-5-2-6-10-21/h1-14,16-17,32-33H,15,18-19H2,(H,30,34)(H,31,35). The number of amides is 2. The average Bonchev–Trinajstić information content (AvgIpc) is 2.84. The number of phenols is 2. The van der Waals surface area contributed by atoms with Crippen LogP contribution in [0.4, 0.5) is 11.4 Å². The van der Waals surface area contributed by atoms with E-state index in [9.17, 15) is 19.8 Å². The number of aromatic hydroxyl groups is 2. The Balaban J connectivity index is 1.35. The minimum absolute atomic E-state index is 0.0297. The number of benzene rings is 4. The summed E-state index contributed by atoms with van der Waals surface area (Å²) in [7, 11) is 0. The third-order valence-corrected chi connectivity index (χ3v) is 5.50. The molecule has 4 N–H and O–H groups in total. The van der Waals surface area contributed by atoms with Crippen molar-refractivity contribution >= 4 is 23.2 Å². The molecule has 0 aliphatic carbocycles. The topological polar surface area (TPSA) is 98.7 Å². The van der Waals surface area contributed by atoms with Crippen molar-refractivity contribution in [1.29, 1.82) is 0 Å². The molecule has 2 amide bonds. The highest BCUT2D eigenvalue weighted by Crippen LogP contribution is 2.29. The molecule has 0 atom stereocenters. The highest BCUT2D eigenvalue weighted by molar-refractivity contribution is 5.94. The van der Waals surface area contributed by atoms with Crippen LogP contribution >= 0.6 is 0 Å². The van der Waals surface area contributed by atoms with Crippen LogP contribution in [0.25, 0.3) is 0 Å². The van der Waals surface area contributed by atoms with Crippen molar-refractivity contribution in [2.45, 2.75) is 19.3 Å². The second-order valence-corrected chi connectivity index (χ2v) is 8.30. The highest BCUT2D eigenvalue weighted by atomic mass is 16.3. The molecular weight excluding hydrogens is 440 g/mol. The van der Waals surface area contributed by atoms with E-state index < -0.39 is 0 Å². The first-order valence-electron chi connectivity index (χ1n) is 11.3. The second-order valence-electron chi connectivity index (χ2n) is 8.30. The minimum atomic E-state index is -0.214.